The quantitative estimate of drug-likeness (QED) is 0.216. The van der Waals surface area contributed by atoms with Gasteiger partial charge in [0.2, 0.25) is 0 Å². The molecule has 1 aliphatic carbocycles. The fourth-order valence-electron chi connectivity index (χ4n) is 5.46. The van der Waals surface area contributed by atoms with E-state index in [-0.39, 0.29) is 5.41 Å². The largest absolute Gasteiger partial charge is 0.383 e. The summed E-state index contributed by atoms with van der Waals surface area (Å²) in [6, 6.07) is 15.4. The van der Waals surface area contributed by atoms with Gasteiger partial charge in [-0.3, -0.25) is 4.98 Å². The zero-order valence-corrected chi connectivity index (χ0v) is 24.4. The number of aromatic nitrogens is 5. The Morgan fingerprint density at radius 2 is 1.84 bits per heavy atom. The van der Waals surface area contributed by atoms with Crippen LogP contribution in [0.5, 0.6) is 0 Å². The van der Waals surface area contributed by atoms with Gasteiger partial charge in [0, 0.05) is 48.0 Å². The number of nitrogens with one attached hydrogen (secondary N) is 2. The first-order valence-electron chi connectivity index (χ1n) is 14.1. The molecule has 0 bridgehead atoms. The number of aryl methyl sites for hydroxylation is 1. The molecule has 0 spiro atoms. The minimum absolute atomic E-state index is 0.0708. The molecule has 218 valence electrons. The Labute approximate surface area is 247 Å². The van der Waals surface area contributed by atoms with E-state index in [9.17, 15) is 19.3 Å². The van der Waals surface area contributed by atoms with Gasteiger partial charge in [0.25, 0.3) is 6.43 Å². The van der Waals surface area contributed by atoms with Crippen molar-refractivity contribution in [1.82, 2.24) is 24.5 Å². The molecular formula is C32H31F2N9. The van der Waals surface area contributed by atoms with Crippen molar-refractivity contribution in [3.63, 3.8) is 0 Å². The molecule has 2 aromatic carbocycles. The fourth-order valence-corrected chi connectivity index (χ4v) is 5.46. The van der Waals surface area contributed by atoms with Crippen LogP contribution in [-0.2, 0) is 12.6 Å². The number of benzene rings is 2. The molecule has 2 N–H and O–H groups in total. The van der Waals surface area contributed by atoms with Crippen LogP contribution in [0.4, 0.5) is 20.2 Å². The molecule has 3 heterocycles. The third-order valence-electron chi connectivity index (χ3n) is 8.02. The number of hydrogen-bond acceptors (Lipinski definition) is 7. The van der Waals surface area contributed by atoms with Crippen LogP contribution < -0.4 is 10.6 Å². The van der Waals surface area contributed by atoms with Crippen LogP contribution in [0.25, 0.3) is 21.8 Å². The first-order chi connectivity index (χ1) is 20.5. The first kappa shape index (κ1) is 28.1. The van der Waals surface area contributed by atoms with Crippen molar-refractivity contribution in [3.05, 3.63) is 77.4 Å². The Hall–Kier alpha value is -5.03. The average Bonchev–Trinajstić information content (AvgIpc) is 3.50. The summed E-state index contributed by atoms with van der Waals surface area (Å²) in [5.41, 5.74) is 3.31. The number of anilines is 2. The summed E-state index contributed by atoms with van der Waals surface area (Å²) >= 11 is 0. The van der Waals surface area contributed by atoms with Crippen LogP contribution in [0.3, 0.4) is 0 Å². The van der Waals surface area contributed by atoms with Gasteiger partial charge >= 0.3 is 0 Å². The van der Waals surface area contributed by atoms with Gasteiger partial charge in [-0.15, -0.1) is 5.10 Å². The van der Waals surface area contributed by atoms with E-state index in [1.54, 1.807) is 12.3 Å². The molecule has 0 amide bonds. The van der Waals surface area contributed by atoms with Crippen molar-refractivity contribution in [2.45, 2.75) is 51.6 Å². The number of hydrogen-bond donors (Lipinski definition) is 2. The van der Waals surface area contributed by atoms with Crippen molar-refractivity contribution in [2.24, 2.45) is 12.5 Å². The Morgan fingerprint density at radius 3 is 2.51 bits per heavy atom. The molecule has 1 aliphatic rings. The molecule has 1 saturated carbocycles. The standard InChI is InChI=1S/C32H31F2N9/c1-31(2,3)18-38-28-20(15-36)16-37-27-19(14-35)12-21(13-24(27)28)39-29(23-6-5-7-26-22(23)8-11-42(26)4)25-17-43(41-40-25)32(9-10-32)30(33)34/h5-8,11-13,16-17,29-30,39H,9-10,18H2,1-4H3,(H,37,38)/t29-/m0/s1. The van der Waals surface area contributed by atoms with E-state index in [4.69, 9.17) is 0 Å². The number of pyridine rings is 1. The second-order valence-electron chi connectivity index (χ2n) is 12.4. The van der Waals surface area contributed by atoms with Crippen LogP contribution >= 0.6 is 0 Å². The first-order valence-corrected chi connectivity index (χ1v) is 14.1. The molecule has 43 heavy (non-hydrogen) atoms. The van der Waals surface area contributed by atoms with Gasteiger partial charge in [-0.25, -0.2) is 13.5 Å². The van der Waals surface area contributed by atoms with Gasteiger partial charge in [0.1, 0.15) is 23.4 Å². The smallest absolute Gasteiger partial charge is 0.263 e. The zero-order chi connectivity index (χ0) is 30.5. The summed E-state index contributed by atoms with van der Waals surface area (Å²) < 4.78 is 31.2. The third kappa shape index (κ3) is 5.01. The summed E-state index contributed by atoms with van der Waals surface area (Å²) in [6.45, 7) is 6.86. The van der Waals surface area contributed by atoms with Crippen molar-refractivity contribution < 1.29 is 8.78 Å². The minimum Gasteiger partial charge on any atom is -0.383 e. The lowest BCUT2D eigenvalue weighted by Gasteiger charge is -2.23. The molecule has 5 aromatic rings. The number of halogens is 2. The monoisotopic (exact) mass is 579 g/mol. The Morgan fingerprint density at radius 1 is 1.07 bits per heavy atom. The van der Waals surface area contributed by atoms with Crippen molar-refractivity contribution in [2.75, 3.05) is 17.2 Å². The van der Waals surface area contributed by atoms with Crippen LogP contribution in [0.15, 0.2) is 55.0 Å². The van der Waals surface area contributed by atoms with Gasteiger partial charge < -0.3 is 15.2 Å². The van der Waals surface area contributed by atoms with Crippen molar-refractivity contribution in [1.29, 1.82) is 10.5 Å². The van der Waals surface area contributed by atoms with Crippen LogP contribution in [0.1, 0.15) is 62.0 Å². The molecule has 1 fully saturated rings. The van der Waals surface area contributed by atoms with E-state index in [2.05, 4.69) is 58.8 Å². The number of nitriles is 2. The normalized spacial score (nSPS) is 14.9. The zero-order valence-electron chi connectivity index (χ0n) is 24.4. The van der Waals surface area contributed by atoms with Crippen LogP contribution in [-0.4, -0.2) is 37.5 Å². The summed E-state index contributed by atoms with van der Waals surface area (Å²) in [6.07, 6.45) is 3.17. The summed E-state index contributed by atoms with van der Waals surface area (Å²) in [7, 11) is 1.96. The molecule has 0 aliphatic heterocycles. The molecule has 0 unspecified atom stereocenters. The second-order valence-corrected chi connectivity index (χ2v) is 12.4. The summed E-state index contributed by atoms with van der Waals surface area (Å²) in [5.74, 6) is 0. The molecule has 1 atom stereocenters. The lowest BCUT2D eigenvalue weighted by molar-refractivity contribution is 0.0593. The lowest BCUT2D eigenvalue weighted by Crippen LogP contribution is -2.26. The third-order valence-corrected chi connectivity index (χ3v) is 8.02. The van der Waals surface area contributed by atoms with E-state index in [1.807, 2.05) is 48.1 Å². The Kier molecular flexibility index (Phi) is 6.77. The highest BCUT2D eigenvalue weighted by Gasteiger charge is 2.54. The maximum atomic E-state index is 13.9. The van der Waals surface area contributed by atoms with Gasteiger partial charge in [-0.1, -0.05) is 38.1 Å². The van der Waals surface area contributed by atoms with Gasteiger partial charge in [0.05, 0.1) is 34.6 Å². The minimum atomic E-state index is -2.55. The van der Waals surface area contributed by atoms with Crippen molar-refractivity contribution in [3.8, 4) is 12.1 Å². The van der Waals surface area contributed by atoms with Gasteiger partial charge in [-0.2, -0.15) is 10.5 Å². The number of fused-ring (bicyclic) bond motifs is 2. The fraction of sp³-hybridized carbons (Fsp3) is 0.344. The predicted octanol–water partition coefficient (Wildman–Crippen LogP) is 6.48. The highest BCUT2D eigenvalue weighted by atomic mass is 19.3. The summed E-state index contributed by atoms with van der Waals surface area (Å²) in [4.78, 5) is 4.45. The number of alkyl halides is 2. The van der Waals surface area contributed by atoms with Crippen LogP contribution in [0, 0.1) is 28.1 Å². The average molecular weight is 580 g/mol. The van der Waals surface area contributed by atoms with E-state index < -0.39 is 18.0 Å². The highest BCUT2D eigenvalue weighted by Crippen LogP contribution is 2.48. The molecule has 6 rings (SSSR count). The van der Waals surface area contributed by atoms with E-state index in [1.165, 1.54) is 10.9 Å². The molecule has 0 radical (unpaired) electrons. The molecule has 0 saturated heterocycles. The Balaban J connectivity index is 1.50. The number of nitrogens with zero attached hydrogens (tertiary/aromatic N) is 7. The maximum absolute atomic E-state index is 13.9. The van der Waals surface area contributed by atoms with Gasteiger partial charge in [0.15, 0.2) is 0 Å². The van der Waals surface area contributed by atoms with E-state index >= 15 is 0 Å². The molecular weight excluding hydrogens is 548 g/mol. The van der Waals surface area contributed by atoms with Crippen LogP contribution in [0.2, 0.25) is 0 Å². The SMILES string of the molecule is Cn1ccc2c([C@H](Nc3cc(C#N)c4ncc(C#N)c(NCC(C)(C)C)c4c3)c3cn(C4(C(F)F)CC4)nn3)cccc21. The molecule has 9 nitrogen and oxygen atoms in total. The van der Waals surface area contributed by atoms with E-state index in [0.29, 0.717) is 58.5 Å². The predicted molar refractivity (Wildman–Crippen MR) is 161 cm³/mol. The maximum Gasteiger partial charge on any atom is 0.263 e. The second kappa shape index (κ2) is 10.4. The lowest BCUT2D eigenvalue weighted by atomic mass is 9.96. The molecule has 3 aromatic heterocycles. The summed E-state index contributed by atoms with van der Waals surface area (Å²) in [5, 5.41) is 37.0. The van der Waals surface area contributed by atoms with Gasteiger partial charge in [-0.05, 0) is 48.1 Å². The molecule has 11 heteroatoms. The Bertz CT molecular complexity index is 1930. The van der Waals surface area contributed by atoms with Crippen molar-refractivity contribution >= 4 is 33.2 Å². The topological polar surface area (TPSA) is 120 Å². The number of rotatable bonds is 8. The van der Waals surface area contributed by atoms with E-state index in [0.717, 1.165) is 16.5 Å². The highest BCUT2D eigenvalue weighted by molar-refractivity contribution is 5.99.